The van der Waals surface area contributed by atoms with Gasteiger partial charge in [0.15, 0.2) is 5.17 Å². The number of nitrogens with one attached hydrogen (secondary N) is 1. The second kappa shape index (κ2) is 8.99. The van der Waals surface area contributed by atoms with Crippen molar-refractivity contribution in [2.75, 3.05) is 11.9 Å². The van der Waals surface area contributed by atoms with Crippen molar-refractivity contribution in [2.45, 2.75) is 25.5 Å². The van der Waals surface area contributed by atoms with Crippen LogP contribution in [0.25, 0.3) is 0 Å². The number of halogens is 2. The van der Waals surface area contributed by atoms with Crippen LogP contribution in [-0.2, 0) is 9.59 Å². The highest BCUT2D eigenvalue weighted by molar-refractivity contribution is 8.15. The van der Waals surface area contributed by atoms with Gasteiger partial charge in [0, 0.05) is 18.0 Å². The van der Waals surface area contributed by atoms with E-state index in [1.54, 1.807) is 35.2 Å². The monoisotopic (exact) mass is 435 g/mol. The number of anilines is 1. The summed E-state index contributed by atoms with van der Waals surface area (Å²) in [5.41, 5.74) is 2.10. The Morgan fingerprint density at radius 2 is 2.00 bits per heavy atom. The first-order valence-corrected chi connectivity index (χ1v) is 10.4. The quantitative estimate of drug-likeness (QED) is 0.709. The fourth-order valence-corrected chi connectivity index (χ4v) is 4.21. The Balaban J connectivity index is 1.84. The molecule has 1 aliphatic rings. The molecule has 2 amide bonds. The summed E-state index contributed by atoms with van der Waals surface area (Å²) < 4.78 is 0. The highest BCUT2D eigenvalue weighted by Crippen LogP contribution is 2.31. The van der Waals surface area contributed by atoms with Crippen molar-refractivity contribution < 1.29 is 9.59 Å². The van der Waals surface area contributed by atoms with E-state index in [1.165, 1.54) is 11.8 Å². The molecule has 0 saturated carbocycles. The molecule has 5 nitrogen and oxygen atoms in total. The summed E-state index contributed by atoms with van der Waals surface area (Å²) in [7, 11) is 0. The lowest BCUT2D eigenvalue weighted by molar-refractivity contribution is -0.129. The van der Waals surface area contributed by atoms with Crippen LogP contribution in [0.2, 0.25) is 10.0 Å². The van der Waals surface area contributed by atoms with Gasteiger partial charge < -0.3 is 5.32 Å². The van der Waals surface area contributed by atoms with Crippen LogP contribution in [0.3, 0.4) is 0 Å². The number of thioether (sulfide) groups is 1. The van der Waals surface area contributed by atoms with Gasteiger partial charge >= 0.3 is 0 Å². The van der Waals surface area contributed by atoms with Crippen molar-refractivity contribution >= 4 is 63.3 Å². The molecule has 0 bridgehead atoms. The third kappa shape index (κ3) is 4.69. The number of amides is 2. The lowest BCUT2D eigenvalue weighted by Gasteiger charge is -2.31. The molecule has 0 radical (unpaired) electrons. The van der Waals surface area contributed by atoms with Crippen LogP contribution in [0.5, 0.6) is 0 Å². The van der Waals surface area contributed by atoms with E-state index in [1.807, 2.05) is 26.0 Å². The molecular formula is C20H19Cl2N3O2S. The number of aryl methyl sites for hydroxylation is 1. The molecule has 1 N–H and O–H groups in total. The molecule has 28 heavy (non-hydrogen) atoms. The van der Waals surface area contributed by atoms with Crippen LogP contribution in [0.15, 0.2) is 47.5 Å². The lowest BCUT2D eigenvalue weighted by atomic mass is 10.2. The van der Waals surface area contributed by atoms with Crippen molar-refractivity contribution in [1.82, 2.24) is 4.90 Å². The van der Waals surface area contributed by atoms with Crippen molar-refractivity contribution in [3.8, 4) is 0 Å². The summed E-state index contributed by atoms with van der Waals surface area (Å²) in [6.45, 7) is 4.26. The maximum atomic E-state index is 12.7. The van der Waals surface area contributed by atoms with Crippen LogP contribution < -0.4 is 5.32 Å². The predicted molar refractivity (Wildman–Crippen MR) is 117 cm³/mol. The molecule has 1 fully saturated rings. The Hall–Kier alpha value is -2.02. The minimum atomic E-state index is -0.591. The first-order chi connectivity index (χ1) is 13.4. The molecule has 2 aromatic carbocycles. The number of carbonyl (C=O) groups is 2. The number of rotatable bonds is 4. The predicted octanol–water partition coefficient (Wildman–Crippen LogP) is 5.28. The van der Waals surface area contributed by atoms with E-state index >= 15 is 0 Å². The number of carbonyl (C=O) groups excluding carboxylic acids is 2. The van der Waals surface area contributed by atoms with Crippen LogP contribution >= 0.6 is 35.0 Å². The normalized spacial score (nSPS) is 18.4. The summed E-state index contributed by atoms with van der Waals surface area (Å²) in [4.78, 5) is 31.5. The van der Waals surface area contributed by atoms with Crippen molar-refractivity contribution in [3.63, 3.8) is 0 Å². The summed E-state index contributed by atoms with van der Waals surface area (Å²) in [6.07, 6.45) is 0.0997. The summed E-state index contributed by atoms with van der Waals surface area (Å²) in [5.74, 6) is -0.422. The molecule has 1 saturated heterocycles. The Labute approximate surface area is 178 Å². The van der Waals surface area contributed by atoms with Crippen LogP contribution in [0, 0.1) is 6.92 Å². The van der Waals surface area contributed by atoms with Gasteiger partial charge in [-0.15, -0.1) is 0 Å². The third-order valence-electron chi connectivity index (χ3n) is 4.26. The highest BCUT2D eigenvalue weighted by atomic mass is 35.5. The van der Waals surface area contributed by atoms with Gasteiger partial charge in [0.25, 0.3) is 0 Å². The molecule has 1 atom stereocenters. The molecule has 146 valence electrons. The fourth-order valence-electron chi connectivity index (χ4n) is 2.69. The Bertz CT molecular complexity index is 949. The van der Waals surface area contributed by atoms with Gasteiger partial charge in [-0.05, 0) is 43.7 Å². The van der Waals surface area contributed by atoms with E-state index in [4.69, 9.17) is 23.2 Å². The van der Waals surface area contributed by atoms with Crippen LogP contribution in [0.1, 0.15) is 18.9 Å². The zero-order valence-electron chi connectivity index (χ0n) is 15.4. The van der Waals surface area contributed by atoms with Gasteiger partial charge in [0.2, 0.25) is 11.8 Å². The number of amidine groups is 1. The first-order valence-electron chi connectivity index (χ1n) is 8.76. The number of hydrogen-bond acceptors (Lipinski definition) is 4. The zero-order chi connectivity index (χ0) is 20.3. The van der Waals surface area contributed by atoms with E-state index in [0.717, 1.165) is 5.56 Å². The minimum Gasteiger partial charge on any atom is -0.324 e. The largest absolute Gasteiger partial charge is 0.324 e. The maximum absolute atomic E-state index is 12.7. The lowest BCUT2D eigenvalue weighted by Crippen LogP contribution is -2.45. The van der Waals surface area contributed by atoms with E-state index in [0.29, 0.717) is 33.1 Å². The smallest absolute Gasteiger partial charge is 0.238 e. The molecule has 0 aromatic heterocycles. The first kappa shape index (κ1) is 20.7. The van der Waals surface area contributed by atoms with Gasteiger partial charge in [-0.1, -0.05) is 53.2 Å². The summed E-state index contributed by atoms with van der Waals surface area (Å²) in [5, 5.41) is 3.74. The third-order valence-corrected chi connectivity index (χ3v) is 6.18. The number of para-hydroxylation sites is 1. The highest BCUT2D eigenvalue weighted by Gasteiger charge is 2.35. The standard InChI is InChI=1S/C20H19Cl2N3O2S/c1-3-25-18(26)11-17(19(27)24-16-7-5-4-6-14(16)21)28-20(25)23-13-9-8-12(2)15(22)10-13/h4-10,17H,3,11H2,1-2H3,(H,24,27). The minimum absolute atomic E-state index is 0.0997. The molecule has 0 spiro atoms. The van der Waals surface area contributed by atoms with Crippen molar-refractivity contribution in [2.24, 2.45) is 4.99 Å². The zero-order valence-corrected chi connectivity index (χ0v) is 17.7. The molecule has 3 rings (SSSR count). The maximum Gasteiger partial charge on any atom is 0.238 e. The van der Waals surface area contributed by atoms with E-state index in [-0.39, 0.29) is 18.2 Å². The van der Waals surface area contributed by atoms with Crippen molar-refractivity contribution in [3.05, 3.63) is 58.1 Å². The molecule has 8 heteroatoms. The van der Waals surface area contributed by atoms with Crippen LogP contribution in [0.4, 0.5) is 11.4 Å². The second-order valence-corrected chi connectivity index (χ2v) is 8.23. The molecule has 2 aromatic rings. The fraction of sp³-hybridized carbons (Fsp3) is 0.250. The van der Waals surface area contributed by atoms with E-state index in [9.17, 15) is 9.59 Å². The average Bonchev–Trinajstić information content (AvgIpc) is 2.66. The Kier molecular flexibility index (Phi) is 6.65. The number of aliphatic imine (C=N–C) groups is 1. The second-order valence-electron chi connectivity index (χ2n) is 6.25. The number of nitrogens with zero attached hydrogens (tertiary/aromatic N) is 2. The molecule has 1 unspecified atom stereocenters. The van der Waals surface area contributed by atoms with Gasteiger partial charge in [-0.2, -0.15) is 0 Å². The van der Waals surface area contributed by atoms with Crippen molar-refractivity contribution in [1.29, 1.82) is 0 Å². The summed E-state index contributed by atoms with van der Waals surface area (Å²) in [6, 6.07) is 12.4. The summed E-state index contributed by atoms with van der Waals surface area (Å²) >= 11 is 13.6. The van der Waals surface area contributed by atoms with E-state index in [2.05, 4.69) is 10.3 Å². The number of benzene rings is 2. The van der Waals surface area contributed by atoms with Gasteiger partial charge in [-0.25, -0.2) is 4.99 Å². The SMILES string of the molecule is CCN1C(=O)CC(C(=O)Nc2ccccc2Cl)SC1=Nc1ccc(C)c(Cl)c1. The van der Waals surface area contributed by atoms with Gasteiger partial charge in [-0.3, -0.25) is 14.5 Å². The topological polar surface area (TPSA) is 61.8 Å². The molecular weight excluding hydrogens is 417 g/mol. The Morgan fingerprint density at radius 3 is 2.68 bits per heavy atom. The molecule has 1 aliphatic heterocycles. The van der Waals surface area contributed by atoms with Crippen LogP contribution in [-0.4, -0.2) is 33.7 Å². The van der Waals surface area contributed by atoms with Gasteiger partial charge in [0.05, 0.1) is 16.4 Å². The Morgan fingerprint density at radius 1 is 1.25 bits per heavy atom. The van der Waals surface area contributed by atoms with Gasteiger partial charge in [0.1, 0.15) is 5.25 Å². The number of hydrogen-bond donors (Lipinski definition) is 1. The molecule has 1 heterocycles. The van der Waals surface area contributed by atoms with E-state index < -0.39 is 5.25 Å². The molecule has 0 aliphatic carbocycles. The average molecular weight is 436 g/mol.